The van der Waals surface area contributed by atoms with Gasteiger partial charge in [-0.3, -0.25) is 0 Å². The van der Waals surface area contributed by atoms with Crippen molar-refractivity contribution in [3.8, 4) is 0 Å². The summed E-state index contributed by atoms with van der Waals surface area (Å²) >= 11 is 1.56. The van der Waals surface area contributed by atoms with Crippen molar-refractivity contribution in [1.29, 1.82) is 0 Å². The van der Waals surface area contributed by atoms with E-state index < -0.39 is 18.1 Å². The number of ether oxygens (including phenoxy) is 1. The number of carboxylic acid groups (broad SMARTS) is 1. The number of fused-ring (bicyclic) bond motifs is 1. The molecule has 0 aliphatic heterocycles. The van der Waals surface area contributed by atoms with Gasteiger partial charge in [0.2, 0.25) is 0 Å². The van der Waals surface area contributed by atoms with E-state index in [2.05, 4.69) is 5.32 Å². The zero-order valence-corrected chi connectivity index (χ0v) is 14.2. The molecule has 1 aromatic heterocycles. The number of benzene rings is 2. The molecule has 0 bridgehead atoms. The number of amides is 1. The number of hydrogen-bond donors (Lipinski definition) is 2. The van der Waals surface area contributed by atoms with Gasteiger partial charge in [0.15, 0.2) is 0 Å². The molecule has 3 aromatic rings. The van der Waals surface area contributed by atoms with Crippen molar-refractivity contribution in [2.24, 2.45) is 0 Å². The van der Waals surface area contributed by atoms with E-state index in [1.165, 1.54) is 0 Å². The van der Waals surface area contributed by atoms with Gasteiger partial charge in [0.1, 0.15) is 12.6 Å². The van der Waals surface area contributed by atoms with Crippen LogP contribution in [0.15, 0.2) is 60.0 Å². The SMILES string of the molecule is O=C(N[C@H](Cc1csc2ccccc12)C(=O)O)OCc1ccccc1. The zero-order valence-electron chi connectivity index (χ0n) is 13.3. The molecule has 0 saturated carbocycles. The largest absolute Gasteiger partial charge is 0.480 e. The molecule has 1 amide bonds. The van der Waals surface area contributed by atoms with Crippen LogP contribution in [0.1, 0.15) is 11.1 Å². The van der Waals surface area contributed by atoms with Gasteiger partial charge in [0, 0.05) is 11.1 Å². The summed E-state index contributed by atoms with van der Waals surface area (Å²) in [6, 6.07) is 16.0. The van der Waals surface area contributed by atoms with E-state index in [-0.39, 0.29) is 13.0 Å². The van der Waals surface area contributed by atoms with Crippen molar-refractivity contribution in [2.75, 3.05) is 0 Å². The zero-order chi connectivity index (χ0) is 17.6. The lowest BCUT2D eigenvalue weighted by Gasteiger charge is -2.14. The quantitative estimate of drug-likeness (QED) is 0.705. The number of nitrogens with one attached hydrogen (secondary N) is 1. The molecular formula is C19H17NO4S. The summed E-state index contributed by atoms with van der Waals surface area (Å²) in [5.74, 6) is -1.09. The van der Waals surface area contributed by atoms with Gasteiger partial charge in [0.05, 0.1) is 0 Å². The second kappa shape index (κ2) is 7.81. The molecule has 5 nitrogen and oxygen atoms in total. The van der Waals surface area contributed by atoms with Crippen LogP contribution in [0.4, 0.5) is 4.79 Å². The number of alkyl carbamates (subject to hydrolysis) is 1. The number of thiophene rings is 1. The smallest absolute Gasteiger partial charge is 0.408 e. The lowest BCUT2D eigenvalue weighted by atomic mass is 10.1. The Kier molecular flexibility index (Phi) is 5.30. The van der Waals surface area contributed by atoms with Crippen LogP contribution in [0.3, 0.4) is 0 Å². The van der Waals surface area contributed by atoms with Gasteiger partial charge in [-0.1, -0.05) is 48.5 Å². The highest BCUT2D eigenvalue weighted by Gasteiger charge is 2.22. The Labute approximate surface area is 148 Å². The standard InChI is InChI=1S/C19H17NO4S/c21-18(22)16(10-14-12-25-17-9-5-4-8-15(14)17)20-19(23)24-11-13-6-2-1-3-7-13/h1-9,12,16H,10-11H2,(H,20,23)(H,21,22)/t16-/m1/s1. The third kappa shape index (κ3) is 4.36. The van der Waals surface area contributed by atoms with Crippen molar-refractivity contribution < 1.29 is 19.4 Å². The predicted octanol–water partition coefficient (Wildman–Crippen LogP) is 3.82. The number of carbonyl (C=O) groups excluding carboxylic acids is 1. The first-order valence-electron chi connectivity index (χ1n) is 7.78. The van der Waals surface area contributed by atoms with Crippen molar-refractivity contribution in [3.05, 3.63) is 71.1 Å². The van der Waals surface area contributed by atoms with Crippen LogP contribution >= 0.6 is 11.3 Å². The van der Waals surface area contributed by atoms with Gasteiger partial charge in [-0.2, -0.15) is 0 Å². The monoisotopic (exact) mass is 355 g/mol. The average molecular weight is 355 g/mol. The Morgan fingerprint density at radius 1 is 1.08 bits per heavy atom. The maximum atomic E-state index is 11.9. The Hall–Kier alpha value is -2.86. The lowest BCUT2D eigenvalue weighted by Crippen LogP contribution is -2.42. The molecule has 0 aliphatic carbocycles. The molecule has 6 heteroatoms. The minimum Gasteiger partial charge on any atom is -0.480 e. The molecule has 0 spiro atoms. The Bertz CT molecular complexity index is 875. The van der Waals surface area contributed by atoms with Gasteiger partial charge in [0.25, 0.3) is 0 Å². The van der Waals surface area contributed by atoms with E-state index in [1.807, 2.05) is 60.0 Å². The number of carboxylic acids is 1. The predicted molar refractivity (Wildman–Crippen MR) is 96.7 cm³/mol. The van der Waals surface area contributed by atoms with Crippen molar-refractivity contribution in [1.82, 2.24) is 5.32 Å². The van der Waals surface area contributed by atoms with Crippen LogP contribution in [0.5, 0.6) is 0 Å². The van der Waals surface area contributed by atoms with E-state index in [0.717, 1.165) is 21.2 Å². The third-order valence-electron chi connectivity index (χ3n) is 3.79. The van der Waals surface area contributed by atoms with E-state index in [1.54, 1.807) is 11.3 Å². The molecule has 0 radical (unpaired) electrons. The molecule has 2 aromatic carbocycles. The topological polar surface area (TPSA) is 75.6 Å². The maximum Gasteiger partial charge on any atom is 0.408 e. The number of aliphatic carboxylic acids is 1. The van der Waals surface area contributed by atoms with Gasteiger partial charge >= 0.3 is 12.1 Å². The summed E-state index contributed by atoms with van der Waals surface area (Å²) in [5, 5.41) is 14.8. The Morgan fingerprint density at radius 3 is 2.56 bits per heavy atom. The summed E-state index contributed by atoms with van der Waals surface area (Å²) in [7, 11) is 0. The van der Waals surface area contributed by atoms with Crippen LogP contribution in [-0.2, 0) is 22.6 Å². The summed E-state index contributed by atoms with van der Waals surface area (Å²) < 4.78 is 6.20. The van der Waals surface area contributed by atoms with Crippen LogP contribution < -0.4 is 5.32 Å². The number of carbonyl (C=O) groups is 2. The molecule has 1 heterocycles. The molecule has 0 aliphatic rings. The molecule has 0 unspecified atom stereocenters. The van der Waals surface area contributed by atoms with E-state index in [9.17, 15) is 14.7 Å². The van der Waals surface area contributed by atoms with Crippen molar-refractivity contribution >= 4 is 33.5 Å². The van der Waals surface area contributed by atoms with Crippen molar-refractivity contribution in [3.63, 3.8) is 0 Å². The number of rotatable bonds is 6. The van der Waals surface area contributed by atoms with E-state index >= 15 is 0 Å². The summed E-state index contributed by atoms with van der Waals surface area (Å²) in [5.41, 5.74) is 1.74. The minimum atomic E-state index is -1.09. The summed E-state index contributed by atoms with van der Waals surface area (Å²) in [4.78, 5) is 23.4. The first-order valence-corrected chi connectivity index (χ1v) is 8.66. The highest BCUT2D eigenvalue weighted by Crippen LogP contribution is 2.26. The first kappa shape index (κ1) is 17.0. The van der Waals surface area contributed by atoms with Gasteiger partial charge < -0.3 is 15.2 Å². The minimum absolute atomic E-state index is 0.0976. The maximum absolute atomic E-state index is 11.9. The molecular weight excluding hydrogens is 338 g/mol. The highest BCUT2D eigenvalue weighted by molar-refractivity contribution is 7.17. The van der Waals surface area contributed by atoms with Gasteiger partial charge in [-0.25, -0.2) is 9.59 Å². The molecule has 25 heavy (non-hydrogen) atoms. The van der Waals surface area contributed by atoms with E-state index in [4.69, 9.17) is 4.74 Å². The fourth-order valence-electron chi connectivity index (χ4n) is 2.52. The summed E-state index contributed by atoms with van der Waals surface area (Å²) in [6.45, 7) is 0.0976. The molecule has 3 rings (SSSR count). The molecule has 1 atom stereocenters. The Morgan fingerprint density at radius 2 is 1.80 bits per heavy atom. The lowest BCUT2D eigenvalue weighted by molar-refractivity contribution is -0.139. The molecule has 0 fully saturated rings. The molecule has 2 N–H and O–H groups in total. The molecule has 128 valence electrons. The van der Waals surface area contributed by atoms with Crippen LogP contribution in [0.2, 0.25) is 0 Å². The van der Waals surface area contributed by atoms with Gasteiger partial charge in [-0.15, -0.1) is 11.3 Å². The Balaban J connectivity index is 1.63. The highest BCUT2D eigenvalue weighted by atomic mass is 32.1. The average Bonchev–Trinajstić information content (AvgIpc) is 3.03. The number of hydrogen-bond acceptors (Lipinski definition) is 4. The fraction of sp³-hybridized carbons (Fsp3) is 0.158. The van der Waals surface area contributed by atoms with Crippen LogP contribution in [0, 0.1) is 0 Å². The first-order chi connectivity index (χ1) is 12.1. The second-order valence-electron chi connectivity index (χ2n) is 5.56. The summed E-state index contributed by atoms with van der Waals surface area (Å²) in [6.07, 6.45) is -0.532. The molecule has 0 saturated heterocycles. The normalized spacial score (nSPS) is 11.8. The van der Waals surface area contributed by atoms with Gasteiger partial charge in [-0.05, 0) is 28.0 Å². The second-order valence-corrected chi connectivity index (χ2v) is 6.47. The van der Waals surface area contributed by atoms with E-state index in [0.29, 0.717) is 0 Å². The fourth-order valence-corrected chi connectivity index (χ4v) is 3.49. The third-order valence-corrected chi connectivity index (χ3v) is 4.80. The van der Waals surface area contributed by atoms with Crippen molar-refractivity contribution in [2.45, 2.75) is 19.1 Å². The van der Waals surface area contributed by atoms with Crippen LogP contribution in [-0.4, -0.2) is 23.2 Å². The van der Waals surface area contributed by atoms with Crippen LogP contribution in [0.25, 0.3) is 10.1 Å².